The third-order valence-electron chi connectivity index (χ3n) is 2.48. The van der Waals surface area contributed by atoms with E-state index in [1.165, 1.54) is 17.6 Å². The maximum absolute atomic E-state index is 11.0. The number of esters is 1. The average Bonchev–Trinajstić information content (AvgIpc) is 2.32. The Morgan fingerprint density at radius 3 is 2.53 bits per heavy atom. The summed E-state index contributed by atoms with van der Waals surface area (Å²) in [5.41, 5.74) is 2.28. The van der Waals surface area contributed by atoms with Crippen molar-refractivity contribution in [3.8, 4) is 5.75 Å². The summed E-state index contributed by atoms with van der Waals surface area (Å²) in [4.78, 5) is 12.2. The molecule has 0 spiro atoms. The number of carbonyl (C=O) groups is 1. The molecule has 1 aromatic rings. The van der Waals surface area contributed by atoms with Gasteiger partial charge in [0.2, 0.25) is 0 Å². The normalized spacial score (nSPS) is 10.1. The molecule has 0 aromatic heterocycles. The Morgan fingerprint density at radius 1 is 1.24 bits per heavy atom. The molecule has 0 aliphatic rings. The van der Waals surface area contributed by atoms with Crippen molar-refractivity contribution in [3.05, 3.63) is 23.3 Å². The van der Waals surface area contributed by atoms with Crippen LogP contribution in [0.3, 0.4) is 0 Å². The fourth-order valence-electron chi connectivity index (χ4n) is 1.49. The Kier molecular flexibility index (Phi) is 5.35. The Bertz CT molecular complexity index is 402. The van der Waals surface area contributed by atoms with E-state index in [9.17, 15) is 4.79 Å². The third kappa shape index (κ3) is 3.97. The van der Waals surface area contributed by atoms with Gasteiger partial charge in [-0.2, -0.15) is 0 Å². The highest BCUT2D eigenvalue weighted by Crippen LogP contribution is 2.29. The van der Waals surface area contributed by atoms with Crippen molar-refractivity contribution in [2.45, 2.75) is 25.2 Å². The molecule has 0 saturated heterocycles. The predicted molar refractivity (Wildman–Crippen MR) is 69.8 cm³/mol. The van der Waals surface area contributed by atoms with Crippen molar-refractivity contribution in [1.29, 1.82) is 0 Å². The number of benzene rings is 1. The Morgan fingerprint density at radius 2 is 1.94 bits per heavy atom. The average molecular weight is 254 g/mol. The number of aryl methyl sites for hydroxylation is 2. The summed E-state index contributed by atoms with van der Waals surface area (Å²) in [5, 5.41) is 0. The molecule has 0 aliphatic heterocycles. The van der Waals surface area contributed by atoms with Crippen LogP contribution in [0.2, 0.25) is 0 Å². The van der Waals surface area contributed by atoms with E-state index in [2.05, 4.69) is 10.8 Å². The Hall–Kier alpha value is -1.16. The summed E-state index contributed by atoms with van der Waals surface area (Å²) < 4.78 is 9.86. The van der Waals surface area contributed by atoms with Gasteiger partial charge in [-0.1, -0.05) is 0 Å². The topological polar surface area (TPSA) is 35.5 Å². The van der Waals surface area contributed by atoms with Crippen LogP contribution in [0.1, 0.15) is 17.5 Å². The lowest BCUT2D eigenvalue weighted by Gasteiger charge is -2.10. The summed E-state index contributed by atoms with van der Waals surface area (Å²) in [6, 6.07) is 4.12. The second kappa shape index (κ2) is 6.55. The van der Waals surface area contributed by atoms with Crippen LogP contribution in [-0.4, -0.2) is 25.9 Å². The number of rotatable bonds is 5. The first kappa shape index (κ1) is 13.9. The Balaban J connectivity index is 2.65. The monoisotopic (exact) mass is 254 g/mol. The molecule has 4 heteroatoms. The van der Waals surface area contributed by atoms with E-state index in [1.54, 1.807) is 18.9 Å². The molecule has 0 aliphatic carbocycles. The molecule has 0 saturated carbocycles. The summed E-state index contributed by atoms with van der Waals surface area (Å²) in [6.07, 6.45) is 0.436. The van der Waals surface area contributed by atoms with Crippen molar-refractivity contribution in [1.82, 2.24) is 0 Å². The maximum atomic E-state index is 11.0. The van der Waals surface area contributed by atoms with E-state index in [1.807, 2.05) is 19.9 Å². The summed E-state index contributed by atoms with van der Waals surface area (Å²) in [7, 11) is 3.08. The number of ether oxygens (including phenoxy) is 2. The minimum atomic E-state index is -0.166. The summed E-state index contributed by atoms with van der Waals surface area (Å²) >= 11 is 1.67. The molecule has 1 rings (SSSR count). The number of thioether (sulfide) groups is 1. The van der Waals surface area contributed by atoms with Crippen LogP contribution in [0.4, 0.5) is 0 Å². The molecule has 0 amide bonds. The van der Waals surface area contributed by atoms with Crippen LogP contribution in [-0.2, 0) is 9.53 Å². The molecular weight excluding hydrogens is 236 g/mol. The molecular formula is C13H18O3S. The zero-order valence-corrected chi connectivity index (χ0v) is 11.5. The van der Waals surface area contributed by atoms with E-state index in [0.29, 0.717) is 6.42 Å². The molecule has 0 atom stereocenters. The van der Waals surface area contributed by atoms with Crippen molar-refractivity contribution >= 4 is 17.7 Å². The lowest BCUT2D eigenvalue weighted by molar-refractivity contribution is -0.140. The van der Waals surface area contributed by atoms with E-state index >= 15 is 0 Å². The van der Waals surface area contributed by atoms with Gasteiger partial charge in [-0.25, -0.2) is 0 Å². The van der Waals surface area contributed by atoms with Gasteiger partial charge in [-0.05, 0) is 37.1 Å². The fraction of sp³-hybridized carbons (Fsp3) is 0.462. The lowest BCUT2D eigenvalue weighted by atomic mass is 10.1. The largest absolute Gasteiger partial charge is 0.496 e. The van der Waals surface area contributed by atoms with E-state index in [0.717, 1.165) is 17.1 Å². The van der Waals surface area contributed by atoms with Crippen molar-refractivity contribution in [2.24, 2.45) is 0 Å². The van der Waals surface area contributed by atoms with Crippen LogP contribution >= 0.6 is 11.8 Å². The molecule has 1 aromatic carbocycles. The molecule has 0 heterocycles. The first-order chi connectivity index (χ1) is 8.08. The molecule has 94 valence electrons. The third-order valence-corrected chi connectivity index (χ3v) is 3.64. The van der Waals surface area contributed by atoms with Gasteiger partial charge in [0.25, 0.3) is 0 Å². The standard InChI is InChI=1S/C13H18O3S/c1-9-8-12(10(2)7-11(9)15-3)17-6-5-13(14)16-4/h7-8H,5-6H2,1-4H3. The van der Waals surface area contributed by atoms with Crippen LogP contribution in [0.5, 0.6) is 5.75 Å². The van der Waals surface area contributed by atoms with E-state index in [-0.39, 0.29) is 5.97 Å². The molecule has 0 fully saturated rings. The first-order valence-corrected chi connectivity index (χ1v) is 6.42. The van der Waals surface area contributed by atoms with Crippen LogP contribution in [0.25, 0.3) is 0 Å². The van der Waals surface area contributed by atoms with Gasteiger partial charge >= 0.3 is 5.97 Å². The fourth-order valence-corrected chi connectivity index (χ4v) is 2.52. The maximum Gasteiger partial charge on any atom is 0.306 e. The summed E-state index contributed by atoms with van der Waals surface area (Å²) in [6.45, 7) is 4.06. The van der Waals surface area contributed by atoms with Crippen LogP contribution in [0, 0.1) is 13.8 Å². The van der Waals surface area contributed by atoms with Crippen molar-refractivity contribution in [2.75, 3.05) is 20.0 Å². The highest BCUT2D eigenvalue weighted by molar-refractivity contribution is 7.99. The van der Waals surface area contributed by atoms with Gasteiger partial charge in [0.1, 0.15) is 5.75 Å². The van der Waals surface area contributed by atoms with Gasteiger partial charge in [0.05, 0.1) is 20.6 Å². The zero-order chi connectivity index (χ0) is 12.8. The van der Waals surface area contributed by atoms with Gasteiger partial charge in [0, 0.05) is 10.6 Å². The Labute approximate surface area is 106 Å². The van der Waals surface area contributed by atoms with Gasteiger partial charge in [-0.3, -0.25) is 4.79 Å². The molecule has 17 heavy (non-hydrogen) atoms. The molecule has 3 nitrogen and oxygen atoms in total. The van der Waals surface area contributed by atoms with Gasteiger partial charge in [-0.15, -0.1) is 11.8 Å². The number of carbonyl (C=O) groups excluding carboxylic acids is 1. The lowest BCUT2D eigenvalue weighted by Crippen LogP contribution is -2.01. The van der Waals surface area contributed by atoms with Crippen molar-refractivity contribution in [3.63, 3.8) is 0 Å². The van der Waals surface area contributed by atoms with Crippen LogP contribution < -0.4 is 4.74 Å². The quantitative estimate of drug-likeness (QED) is 0.598. The van der Waals surface area contributed by atoms with Gasteiger partial charge < -0.3 is 9.47 Å². The highest BCUT2D eigenvalue weighted by Gasteiger charge is 2.06. The van der Waals surface area contributed by atoms with Crippen LogP contribution in [0.15, 0.2) is 17.0 Å². The SMILES string of the molecule is COC(=O)CCSc1cc(C)c(OC)cc1C. The molecule has 0 N–H and O–H groups in total. The molecule has 0 unspecified atom stereocenters. The number of methoxy groups -OCH3 is 2. The smallest absolute Gasteiger partial charge is 0.306 e. The minimum Gasteiger partial charge on any atom is -0.496 e. The van der Waals surface area contributed by atoms with Gasteiger partial charge in [0.15, 0.2) is 0 Å². The first-order valence-electron chi connectivity index (χ1n) is 5.43. The second-order valence-electron chi connectivity index (χ2n) is 3.76. The number of hydrogen-bond acceptors (Lipinski definition) is 4. The highest BCUT2D eigenvalue weighted by atomic mass is 32.2. The second-order valence-corrected chi connectivity index (χ2v) is 4.90. The summed E-state index contributed by atoms with van der Waals surface area (Å²) in [5.74, 6) is 1.47. The molecule has 0 bridgehead atoms. The predicted octanol–water partition coefficient (Wildman–Crippen LogP) is 2.97. The zero-order valence-electron chi connectivity index (χ0n) is 10.7. The molecule has 0 radical (unpaired) electrons. The van der Waals surface area contributed by atoms with Crippen molar-refractivity contribution < 1.29 is 14.3 Å². The van der Waals surface area contributed by atoms with E-state index < -0.39 is 0 Å². The van der Waals surface area contributed by atoms with E-state index in [4.69, 9.17) is 4.74 Å². The minimum absolute atomic E-state index is 0.166. The number of hydrogen-bond donors (Lipinski definition) is 0.